The van der Waals surface area contributed by atoms with Crippen molar-refractivity contribution in [3.05, 3.63) is 76.4 Å². The molecule has 2 atom stereocenters. The summed E-state index contributed by atoms with van der Waals surface area (Å²) in [6, 6.07) is 14.3. The first kappa shape index (κ1) is 15.1. The van der Waals surface area contributed by atoms with E-state index >= 15 is 0 Å². The average Bonchev–Trinajstić information content (AvgIpc) is 2.91. The highest BCUT2D eigenvalue weighted by molar-refractivity contribution is 6.36. The fourth-order valence-electron chi connectivity index (χ4n) is 3.29. The normalized spacial score (nSPS) is 19.2. The second-order valence-corrected chi connectivity index (χ2v) is 6.32. The molecule has 1 amide bonds. The number of hydrogen-bond acceptors (Lipinski definition) is 3. The first-order chi connectivity index (χ1) is 11.6. The summed E-state index contributed by atoms with van der Waals surface area (Å²) < 4.78 is 0. The first-order valence-corrected chi connectivity index (χ1v) is 8.13. The van der Waals surface area contributed by atoms with E-state index in [4.69, 9.17) is 11.6 Å². The van der Waals surface area contributed by atoms with Crippen LogP contribution in [-0.2, 0) is 6.42 Å². The van der Waals surface area contributed by atoms with Gasteiger partial charge in [-0.3, -0.25) is 9.78 Å². The molecule has 0 fully saturated rings. The smallest absolute Gasteiger partial charge is 0.254 e. The lowest BCUT2D eigenvalue weighted by Gasteiger charge is -2.18. The van der Waals surface area contributed by atoms with Crippen molar-refractivity contribution in [3.63, 3.8) is 0 Å². The minimum Gasteiger partial charge on any atom is -0.390 e. The van der Waals surface area contributed by atoms with E-state index in [0.717, 1.165) is 16.5 Å². The van der Waals surface area contributed by atoms with Crippen LogP contribution in [0.5, 0.6) is 0 Å². The van der Waals surface area contributed by atoms with Crippen molar-refractivity contribution in [1.82, 2.24) is 10.3 Å². The number of carbonyl (C=O) groups is 1. The number of aromatic nitrogens is 1. The third-order valence-corrected chi connectivity index (χ3v) is 4.78. The molecule has 1 aliphatic carbocycles. The van der Waals surface area contributed by atoms with Gasteiger partial charge in [-0.2, -0.15) is 0 Å². The maximum absolute atomic E-state index is 12.8. The highest BCUT2D eigenvalue weighted by atomic mass is 35.5. The summed E-state index contributed by atoms with van der Waals surface area (Å²) in [6.45, 7) is 0. The van der Waals surface area contributed by atoms with E-state index in [2.05, 4.69) is 10.3 Å². The number of nitrogens with one attached hydrogen (secondary N) is 1. The Kier molecular flexibility index (Phi) is 3.71. The van der Waals surface area contributed by atoms with Crippen LogP contribution in [0.25, 0.3) is 10.9 Å². The Labute approximate surface area is 144 Å². The first-order valence-electron chi connectivity index (χ1n) is 7.75. The average molecular weight is 339 g/mol. The molecule has 1 heterocycles. The molecular formula is C19H15ClN2O2. The van der Waals surface area contributed by atoms with Gasteiger partial charge in [0.05, 0.1) is 28.2 Å². The van der Waals surface area contributed by atoms with E-state index in [0.29, 0.717) is 22.5 Å². The van der Waals surface area contributed by atoms with Crippen molar-refractivity contribution in [3.8, 4) is 0 Å². The van der Waals surface area contributed by atoms with Gasteiger partial charge in [0.1, 0.15) is 0 Å². The number of nitrogens with zero attached hydrogens (tertiary/aromatic N) is 1. The van der Waals surface area contributed by atoms with Gasteiger partial charge in [-0.15, -0.1) is 0 Å². The molecular weight excluding hydrogens is 324 g/mol. The number of rotatable bonds is 2. The Hall–Kier alpha value is -2.43. The quantitative estimate of drug-likeness (QED) is 0.753. The predicted molar refractivity (Wildman–Crippen MR) is 93.1 cm³/mol. The molecule has 3 aromatic rings. The van der Waals surface area contributed by atoms with Gasteiger partial charge in [0.2, 0.25) is 0 Å². The van der Waals surface area contributed by atoms with Gasteiger partial charge in [0.25, 0.3) is 5.91 Å². The molecule has 120 valence electrons. The molecule has 0 radical (unpaired) electrons. The molecule has 4 rings (SSSR count). The van der Waals surface area contributed by atoms with Gasteiger partial charge >= 0.3 is 0 Å². The van der Waals surface area contributed by atoms with Crippen LogP contribution in [0.1, 0.15) is 27.5 Å². The van der Waals surface area contributed by atoms with Crippen LogP contribution in [0.15, 0.2) is 54.7 Å². The fraction of sp³-hybridized carbons (Fsp3) is 0.158. The molecule has 0 unspecified atom stereocenters. The van der Waals surface area contributed by atoms with Crippen molar-refractivity contribution in [2.75, 3.05) is 0 Å². The SMILES string of the molecule is O=C(N[C@H]1c2ccccc2C[C@H]1O)c1ccc(Cl)c2cccnc12. The minimum atomic E-state index is -0.627. The third-order valence-electron chi connectivity index (χ3n) is 4.45. The molecule has 0 saturated carbocycles. The molecule has 4 nitrogen and oxygen atoms in total. The third kappa shape index (κ3) is 2.44. The van der Waals surface area contributed by atoms with Gasteiger partial charge < -0.3 is 10.4 Å². The maximum atomic E-state index is 12.8. The Morgan fingerprint density at radius 2 is 2.00 bits per heavy atom. The Balaban J connectivity index is 1.70. The molecule has 0 spiro atoms. The molecule has 5 heteroatoms. The van der Waals surface area contributed by atoms with E-state index in [-0.39, 0.29) is 5.91 Å². The van der Waals surface area contributed by atoms with Gasteiger partial charge in [-0.1, -0.05) is 35.9 Å². The van der Waals surface area contributed by atoms with Crippen LogP contribution in [0.2, 0.25) is 5.02 Å². The predicted octanol–water partition coefficient (Wildman–Crippen LogP) is 3.28. The second-order valence-electron chi connectivity index (χ2n) is 5.92. The lowest BCUT2D eigenvalue weighted by Crippen LogP contribution is -2.34. The fourth-order valence-corrected chi connectivity index (χ4v) is 3.50. The Bertz CT molecular complexity index is 942. The number of halogens is 1. The topological polar surface area (TPSA) is 62.2 Å². The highest BCUT2D eigenvalue weighted by Gasteiger charge is 2.32. The Morgan fingerprint density at radius 3 is 2.88 bits per heavy atom. The van der Waals surface area contributed by atoms with Gasteiger partial charge in [-0.05, 0) is 35.4 Å². The zero-order chi connectivity index (χ0) is 16.7. The van der Waals surface area contributed by atoms with E-state index in [9.17, 15) is 9.90 Å². The van der Waals surface area contributed by atoms with Gasteiger partial charge in [-0.25, -0.2) is 0 Å². The number of benzene rings is 2. The Morgan fingerprint density at radius 1 is 1.17 bits per heavy atom. The minimum absolute atomic E-state index is 0.267. The van der Waals surface area contributed by atoms with Crippen LogP contribution in [0, 0.1) is 0 Å². The van der Waals surface area contributed by atoms with Crippen LogP contribution in [0.4, 0.5) is 0 Å². The van der Waals surface area contributed by atoms with Gasteiger partial charge in [0.15, 0.2) is 0 Å². The number of aliphatic hydroxyl groups is 1. The number of pyridine rings is 1. The lowest BCUT2D eigenvalue weighted by atomic mass is 10.1. The van der Waals surface area contributed by atoms with E-state index < -0.39 is 12.1 Å². The van der Waals surface area contributed by atoms with Crippen molar-refractivity contribution in [1.29, 1.82) is 0 Å². The van der Waals surface area contributed by atoms with Crippen LogP contribution < -0.4 is 5.32 Å². The molecule has 1 aliphatic rings. The largest absolute Gasteiger partial charge is 0.390 e. The number of aliphatic hydroxyl groups excluding tert-OH is 1. The van der Waals surface area contributed by atoms with Crippen molar-refractivity contribution < 1.29 is 9.90 Å². The van der Waals surface area contributed by atoms with E-state index in [1.54, 1.807) is 24.4 Å². The summed E-state index contributed by atoms with van der Waals surface area (Å²) in [4.78, 5) is 17.1. The molecule has 1 aromatic heterocycles. The number of hydrogen-bond donors (Lipinski definition) is 2. The van der Waals surface area contributed by atoms with Crippen LogP contribution in [0.3, 0.4) is 0 Å². The summed E-state index contributed by atoms with van der Waals surface area (Å²) in [6.07, 6.45) is 1.55. The number of fused-ring (bicyclic) bond motifs is 2. The van der Waals surface area contributed by atoms with Crippen molar-refractivity contribution in [2.24, 2.45) is 0 Å². The number of amides is 1. The summed E-state index contributed by atoms with van der Waals surface area (Å²) in [7, 11) is 0. The monoisotopic (exact) mass is 338 g/mol. The number of carbonyl (C=O) groups excluding carboxylic acids is 1. The maximum Gasteiger partial charge on any atom is 0.254 e. The molecule has 0 saturated heterocycles. The summed E-state index contributed by atoms with van der Waals surface area (Å²) in [5, 5.41) is 14.5. The lowest BCUT2D eigenvalue weighted by molar-refractivity contribution is 0.0859. The molecule has 2 aromatic carbocycles. The van der Waals surface area contributed by atoms with E-state index in [1.807, 2.05) is 30.3 Å². The molecule has 24 heavy (non-hydrogen) atoms. The standard InChI is InChI=1S/C19H15ClN2O2/c20-15-8-7-14(17-13(15)6-3-9-21-17)19(24)22-18-12-5-2-1-4-11(12)10-16(18)23/h1-9,16,18,23H,10H2,(H,22,24)/t16-,18+/m1/s1. The second kappa shape index (κ2) is 5.89. The van der Waals surface area contributed by atoms with Crippen molar-refractivity contribution >= 4 is 28.4 Å². The van der Waals surface area contributed by atoms with Crippen molar-refractivity contribution in [2.45, 2.75) is 18.6 Å². The summed E-state index contributed by atoms with van der Waals surface area (Å²) >= 11 is 6.18. The molecule has 0 bridgehead atoms. The van der Waals surface area contributed by atoms with Crippen LogP contribution >= 0.6 is 11.6 Å². The van der Waals surface area contributed by atoms with E-state index in [1.165, 1.54) is 0 Å². The van der Waals surface area contributed by atoms with Crippen LogP contribution in [-0.4, -0.2) is 22.1 Å². The zero-order valence-corrected chi connectivity index (χ0v) is 13.5. The highest BCUT2D eigenvalue weighted by Crippen LogP contribution is 2.32. The summed E-state index contributed by atoms with van der Waals surface area (Å²) in [5.41, 5.74) is 3.04. The van der Waals surface area contributed by atoms with Gasteiger partial charge in [0, 0.05) is 18.0 Å². The molecule has 0 aliphatic heterocycles. The summed E-state index contributed by atoms with van der Waals surface area (Å²) in [5.74, 6) is -0.267. The zero-order valence-electron chi connectivity index (χ0n) is 12.7. The molecule has 2 N–H and O–H groups in total.